The molecule has 1 heterocycles. The summed E-state index contributed by atoms with van der Waals surface area (Å²) in [5.41, 5.74) is 1.31. The van der Waals surface area contributed by atoms with E-state index in [1.165, 1.54) is 5.56 Å². The fourth-order valence-corrected chi connectivity index (χ4v) is 5.56. The molecule has 2 fully saturated rings. The minimum absolute atomic E-state index is 0.147. The number of rotatable bonds is 2. The number of likely N-dealkylation sites (tertiary alicyclic amines) is 1. The van der Waals surface area contributed by atoms with Gasteiger partial charge in [-0.3, -0.25) is 4.90 Å². The Bertz CT molecular complexity index is 613. The summed E-state index contributed by atoms with van der Waals surface area (Å²) in [7, 11) is 0. The third kappa shape index (κ3) is 1.64. The van der Waals surface area contributed by atoms with Crippen molar-refractivity contribution in [1.29, 1.82) is 0 Å². The Morgan fingerprint density at radius 3 is 2.91 bits per heavy atom. The van der Waals surface area contributed by atoms with Crippen LogP contribution in [0.4, 0.5) is 0 Å². The lowest BCUT2D eigenvalue weighted by atomic mass is 9.49. The number of phenols is 1. The molecule has 3 nitrogen and oxygen atoms in total. The van der Waals surface area contributed by atoms with E-state index in [1.54, 1.807) is 6.07 Å². The van der Waals surface area contributed by atoms with E-state index >= 15 is 0 Å². The highest BCUT2D eigenvalue weighted by molar-refractivity contribution is 5.52. The zero-order chi connectivity index (χ0) is 15.4. The first-order valence-electron chi connectivity index (χ1n) is 8.51. The minimum atomic E-state index is -0.710. The average molecular weight is 299 g/mol. The van der Waals surface area contributed by atoms with Crippen molar-refractivity contribution in [3.63, 3.8) is 0 Å². The zero-order valence-electron chi connectivity index (χ0n) is 13.1. The van der Waals surface area contributed by atoms with Gasteiger partial charge < -0.3 is 10.2 Å². The Balaban J connectivity index is 1.92. The van der Waals surface area contributed by atoms with Gasteiger partial charge in [-0.1, -0.05) is 31.1 Å². The molecule has 1 saturated heterocycles. The lowest BCUT2D eigenvalue weighted by molar-refractivity contribution is -0.164. The summed E-state index contributed by atoms with van der Waals surface area (Å²) in [6.07, 6.45) is 7.76. The normalized spacial score (nSPS) is 37.2. The topological polar surface area (TPSA) is 43.7 Å². The predicted molar refractivity (Wildman–Crippen MR) is 87.1 cm³/mol. The maximum atomic E-state index is 11.7. The molecule has 0 amide bonds. The van der Waals surface area contributed by atoms with Crippen molar-refractivity contribution in [2.24, 2.45) is 0 Å². The van der Waals surface area contributed by atoms with Crippen LogP contribution in [-0.4, -0.2) is 39.8 Å². The SMILES string of the molecule is C=CCN1CC[C@]23CCCC[C@@]2(O)[C@H]1Cc1cccc(O)c13. The highest BCUT2D eigenvalue weighted by Gasteiger charge is 2.63. The van der Waals surface area contributed by atoms with Gasteiger partial charge in [0.1, 0.15) is 5.75 Å². The number of phenolic OH excluding ortho intramolecular Hbond substituents is 1. The Kier molecular flexibility index (Phi) is 3.14. The summed E-state index contributed by atoms with van der Waals surface area (Å²) in [5.74, 6) is 0.383. The molecule has 3 aliphatic rings. The molecule has 1 aromatic rings. The molecule has 1 aliphatic heterocycles. The highest BCUT2D eigenvalue weighted by atomic mass is 16.3. The van der Waals surface area contributed by atoms with Gasteiger partial charge in [0.05, 0.1) is 5.60 Å². The first-order chi connectivity index (χ1) is 10.6. The first-order valence-corrected chi connectivity index (χ1v) is 8.51. The van der Waals surface area contributed by atoms with E-state index in [1.807, 2.05) is 12.1 Å². The second kappa shape index (κ2) is 4.84. The fraction of sp³-hybridized carbons (Fsp3) is 0.579. The van der Waals surface area contributed by atoms with Crippen molar-refractivity contribution < 1.29 is 10.2 Å². The number of hydrogen-bond donors (Lipinski definition) is 2. The van der Waals surface area contributed by atoms with E-state index in [4.69, 9.17) is 0 Å². The summed E-state index contributed by atoms with van der Waals surface area (Å²) < 4.78 is 0. The number of nitrogens with zero attached hydrogens (tertiary/aromatic N) is 1. The fourth-order valence-electron chi connectivity index (χ4n) is 5.56. The quantitative estimate of drug-likeness (QED) is 0.825. The summed E-state index contributed by atoms with van der Waals surface area (Å²) in [5, 5.41) is 22.3. The summed E-state index contributed by atoms with van der Waals surface area (Å²) in [6.45, 7) is 5.69. The van der Waals surface area contributed by atoms with Gasteiger partial charge in [-0.2, -0.15) is 0 Å². The molecule has 3 heteroatoms. The van der Waals surface area contributed by atoms with Gasteiger partial charge in [0.25, 0.3) is 0 Å². The minimum Gasteiger partial charge on any atom is -0.508 e. The van der Waals surface area contributed by atoms with Gasteiger partial charge in [0, 0.05) is 23.6 Å². The predicted octanol–water partition coefficient (Wildman–Crippen LogP) is 2.75. The molecule has 1 aromatic carbocycles. The van der Waals surface area contributed by atoms with Crippen LogP contribution in [-0.2, 0) is 11.8 Å². The van der Waals surface area contributed by atoms with Crippen LogP contribution in [0.2, 0.25) is 0 Å². The maximum Gasteiger partial charge on any atom is 0.119 e. The Hall–Kier alpha value is -1.32. The Morgan fingerprint density at radius 2 is 2.09 bits per heavy atom. The second-order valence-electron chi connectivity index (χ2n) is 7.28. The third-order valence-corrected chi connectivity index (χ3v) is 6.44. The largest absolute Gasteiger partial charge is 0.508 e. The molecule has 22 heavy (non-hydrogen) atoms. The molecular formula is C19H25NO2. The van der Waals surface area contributed by atoms with E-state index in [-0.39, 0.29) is 11.5 Å². The molecule has 2 bridgehead atoms. The Morgan fingerprint density at radius 1 is 1.27 bits per heavy atom. The second-order valence-corrected chi connectivity index (χ2v) is 7.28. The van der Waals surface area contributed by atoms with Crippen LogP contribution in [0, 0.1) is 0 Å². The van der Waals surface area contributed by atoms with Crippen LogP contribution in [0.25, 0.3) is 0 Å². The zero-order valence-corrected chi connectivity index (χ0v) is 13.1. The van der Waals surface area contributed by atoms with E-state index < -0.39 is 5.60 Å². The van der Waals surface area contributed by atoms with Crippen LogP contribution in [0.5, 0.6) is 5.75 Å². The molecule has 0 spiro atoms. The van der Waals surface area contributed by atoms with Crippen LogP contribution in [0.3, 0.4) is 0 Å². The molecule has 0 aromatic heterocycles. The monoisotopic (exact) mass is 299 g/mol. The highest BCUT2D eigenvalue weighted by Crippen LogP contribution is 2.59. The average Bonchev–Trinajstić information content (AvgIpc) is 2.50. The van der Waals surface area contributed by atoms with Crippen LogP contribution >= 0.6 is 0 Å². The molecule has 0 unspecified atom stereocenters. The Labute approximate surface area is 132 Å². The molecule has 1 saturated carbocycles. The van der Waals surface area contributed by atoms with Crippen molar-refractivity contribution in [1.82, 2.24) is 4.90 Å². The van der Waals surface area contributed by atoms with Crippen molar-refractivity contribution >= 4 is 0 Å². The van der Waals surface area contributed by atoms with Gasteiger partial charge in [0.15, 0.2) is 0 Å². The number of piperidine rings is 1. The van der Waals surface area contributed by atoms with Crippen LogP contribution in [0.15, 0.2) is 30.9 Å². The third-order valence-electron chi connectivity index (χ3n) is 6.44. The number of aliphatic hydroxyl groups is 1. The van der Waals surface area contributed by atoms with Crippen molar-refractivity contribution in [2.45, 2.75) is 55.6 Å². The molecule has 3 atom stereocenters. The lowest BCUT2D eigenvalue weighted by Crippen LogP contribution is -2.72. The van der Waals surface area contributed by atoms with Crippen LogP contribution < -0.4 is 0 Å². The smallest absolute Gasteiger partial charge is 0.119 e. The standard InChI is InChI=1S/C19H25NO2/c1-2-11-20-12-10-18-8-3-4-9-19(18,22)16(20)13-14-6-5-7-15(21)17(14)18/h2,5-7,16,21-22H,1,3-4,8-13H2/t16-,18+,19-/m1/s1. The molecular weight excluding hydrogens is 274 g/mol. The maximum absolute atomic E-state index is 11.7. The van der Waals surface area contributed by atoms with E-state index in [0.717, 1.165) is 57.2 Å². The number of benzene rings is 1. The number of fused-ring (bicyclic) bond motifs is 1. The van der Waals surface area contributed by atoms with Crippen LogP contribution in [0.1, 0.15) is 43.2 Å². The summed E-state index contributed by atoms with van der Waals surface area (Å²) in [4.78, 5) is 2.39. The van der Waals surface area contributed by atoms with Gasteiger partial charge in [0.2, 0.25) is 0 Å². The van der Waals surface area contributed by atoms with Crippen molar-refractivity contribution in [3.8, 4) is 5.75 Å². The van der Waals surface area contributed by atoms with Gasteiger partial charge in [-0.15, -0.1) is 6.58 Å². The summed E-state index contributed by atoms with van der Waals surface area (Å²) in [6, 6.07) is 6.01. The van der Waals surface area contributed by atoms with Crippen molar-refractivity contribution in [3.05, 3.63) is 42.0 Å². The molecule has 0 radical (unpaired) electrons. The van der Waals surface area contributed by atoms with Crippen molar-refractivity contribution in [2.75, 3.05) is 13.1 Å². The van der Waals surface area contributed by atoms with E-state index in [0.29, 0.717) is 5.75 Å². The molecule has 2 N–H and O–H groups in total. The molecule has 2 aliphatic carbocycles. The molecule has 4 rings (SSSR count). The first kappa shape index (κ1) is 14.3. The lowest BCUT2D eigenvalue weighted by Gasteiger charge is -2.63. The number of hydrogen-bond acceptors (Lipinski definition) is 3. The summed E-state index contributed by atoms with van der Waals surface area (Å²) >= 11 is 0. The van der Waals surface area contributed by atoms with E-state index in [9.17, 15) is 10.2 Å². The van der Waals surface area contributed by atoms with Gasteiger partial charge in [-0.25, -0.2) is 0 Å². The van der Waals surface area contributed by atoms with Gasteiger partial charge in [-0.05, 0) is 43.9 Å². The van der Waals surface area contributed by atoms with E-state index in [2.05, 4.69) is 17.5 Å². The van der Waals surface area contributed by atoms with Gasteiger partial charge >= 0.3 is 0 Å². The molecule has 118 valence electrons. The number of aromatic hydroxyl groups is 1.